The lowest BCUT2D eigenvalue weighted by Gasteiger charge is -2.39. The van der Waals surface area contributed by atoms with Crippen molar-refractivity contribution in [2.45, 2.75) is 24.9 Å². The Hall–Kier alpha value is -3.32. The standard InChI is InChI=1S/C24H25N3O4/c1-26-21(28)13-18(24(26)29)27-11-10-16-15-6-4-5-7-17(15)25-22(16)23(27)14-8-9-19(30-2)20(12-14)31-3/h4-9,12,18,23,25H,10-11,13H2,1-3H3/t18-,23-/m0/s1. The molecular weight excluding hydrogens is 394 g/mol. The first kappa shape index (κ1) is 19.6. The molecule has 3 aromatic rings. The Morgan fingerprint density at radius 3 is 2.52 bits per heavy atom. The molecule has 2 aliphatic rings. The van der Waals surface area contributed by atoms with Gasteiger partial charge in [-0.05, 0) is 35.7 Å². The van der Waals surface area contributed by atoms with Crippen LogP contribution in [0, 0.1) is 0 Å². The minimum atomic E-state index is -0.477. The summed E-state index contributed by atoms with van der Waals surface area (Å²) >= 11 is 0. The van der Waals surface area contributed by atoms with Gasteiger partial charge in [-0.3, -0.25) is 19.4 Å². The number of benzene rings is 2. The number of amides is 2. The molecule has 7 heteroatoms. The summed E-state index contributed by atoms with van der Waals surface area (Å²) in [5.74, 6) is 1.00. The molecule has 2 atom stereocenters. The first-order chi connectivity index (χ1) is 15.0. The number of methoxy groups -OCH3 is 2. The molecule has 0 radical (unpaired) electrons. The van der Waals surface area contributed by atoms with Crippen LogP contribution in [0.3, 0.4) is 0 Å². The predicted octanol–water partition coefficient (Wildman–Crippen LogP) is 2.89. The monoisotopic (exact) mass is 419 g/mol. The number of carbonyl (C=O) groups is 2. The molecule has 2 aromatic carbocycles. The molecule has 0 spiro atoms. The van der Waals surface area contributed by atoms with E-state index in [1.165, 1.54) is 15.8 Å². The summed E-state index contributed by atoms with van der Waals surface area (Å²) in [7, 11) is 4.79. The molecule has 1 saturated heterocycles. The molecule has 0 bridgehead atoms. The molecule has 2 amide bonds. The molecule has 5 rings (SSSR count). The number of carbonyl (C=O) groups excluding carboxylic acids is 2. The predicted molar refractivity (Wildman–Crippen MR) is 116 cm³/mol. The minimum absolute atomic E-state index is 0.136. The highest BCUT2D eigenvalue weighted by molar-refractivity contribution is 6.05. The van der Waals surface area contributed by atoms with Gasteiger partial charge in [-0.2, -0.15) is 0 Å². The summed E-state index contributed by atoms with van der Waals surface area (Å²) in [5.41, 5.74) is 4.39. The van der Waals surface area contributed by atoms with Crippen molar-refractivity contribution in [2.75, 3.05) is 27.8 Å². The van der Waals surface area contributed by atoms with Gasteiger partial charge in [0, 0.05) is 30.2 Å². The number of rotatable bonds is 4. The third kappa shape index (κ3) is 2.99. The van der Waals surface area contributed by atoms with Gasteiger partial charge in [0.15, 0.2) is 11.5 Å². The number of nitrogens with zero attached hydrogens (tertiary/aromatic N) is 2. The van der Waals surface area contributed by atoms with Crippen LogP contribution < -0.4 is 9.47 Å². The van der Waals surface area contributed by atoms with E-state index >= 15 is 0 Å². The van der Waals surface area contributed by atoms with Crippen molar-refractivity contribution in [3.05, 3.63) is 59.3 Å². The number of aromatic nitrogens is 1. The molecule has 2 aliphatic heterocycles. The number of imide groups is 1. The minimum Gasteiger partial charge on any atom is -0.493 e. The lowest BCUT2D eigenvalue weighted by molar-refractivity contribution is -0.138. The SMILES string of the molecule is COc1ccc([C@H]2c3[nH]c4ccccc4c3CCN2[C@H]2CC(=O)N(C)C2=O)cc1OC. The second-order valence-corrected chi connectivity index (χ2v) is 8.08. The van der Waals surface area contributed by atoms with Gasteiger partial charge in [-0.1, -0.05) is 24.3 Å². The fourth-order valence-corrected chi connectivity index (χ4v) is 4.97. The van der Waals surface area contributed by atoms with Gasteiger partial charge < -0.3 is 14.5 Å². The Labute approximate surface area is 180 Å². The third-order valence-corrected chi connectivity index (χ3v) is 6.55. The molecule has 1 fully saturated rings. The van der Waals surface area contributed by atoms with Gasteiger partial charge in [0.1, 0.15) is 0 Å². The van der Waals surface area contributed by atoms with Crippen LogP contribution in [0.5, 0.6) is 11.5 Å². The fraction of sp³-hybridized carbons (Fsp3) is 0.333. The molecule has 0 unspecified atom stereocenters. The first-order valence-corrected chi connectivity index (χ1v) is 10.4. The summed E-state index contributed by atoms with van der Waals surface area (Å²) in [6.45, 7) is 0.686. The summed E-state index contributed by atoms with van der Waals surface area (Å²) < 4.78 is 11.0. The van der Waals surface area contributed by atoms with Crippen molar-refractivity contribution in [2.24, 2.45) is 0 Å². The maximum atomic E-state index is 12.9. The number of H-pyrrole nitrogens is 1. The van der Waals surface area contributed by atoms with E-state index in [0.717, 1.165) is 23.2 Å². The average Bonchev–Trinajstić information content (AvgIpc) is 3.30. The van der Waals surface area contributed by atoms with E-state index in [1.54, 1.807) is 21.3 Å². The Morgan fingerprint density at radius 2 is 1.81 bits per heavy atom. The Bertz CT molecular complexity index is 1180. The number of aromatic amines is 1. The van der Waals surface area contributed by atoms with Crippen molar-refractivity contribution < 1.29 is 19.1 Å². The molecule has 7 nitrogen and oxygen atoms in total. The van der Waals surface area contributed by atoms with Crippen molar-refractivity contribution in [3.8, 4) is 11.5 Å². The van der Waals surface area contributed by atoms with E-state index in [-0.39, 0.29) is 24.3 Å². The van der Waals surface area contributed by atoms with E-state index in [4.69, 9.17) is 9.47 Å². The van der Waals surface area contributed by atoms with E-state index in [2.05, 4.69) is 22.0 Å². The average molecular weight is 419 g/mol. The Balaban J connectivity index is 1.68. The lowest BCUT2D eigenvalue weighted by Crippen LogP contribution is -2.46. The molecular formula is C24H25N3O4. The topological polar surface area (TPSA) is 74.9 Å². The number of hydrogen-bond acceptors (Lipinski definition) is 5. The van der Waals surface area contributed by atoms with Crippen LogP contribution in [0.2, 0.25) is 0 Å². The Morgan fingerprint density at radius 1 is 1.03 bits per heavy atom. The Kier molecular flexibility index (Phi) is 4.70. The van der Waals surface area contributed by atoms with Crippen molar-refractivity contribution in [1.29, 1.82) is 0 Å². The molecule has 1 aromatic heterocycles. The lowest BCUT2D eigenvalue weighted by atomic mass is 9.90. The quantitative estimate of drug-likeness (QED) is 0.659. The van der Waals surface area contributed by atoms with E-state index in [0.29, 0.717) is 18.0 Å². The van der Waals surface area contributed by atoms with Crippen LogP contribution in [-0.4, -0.2) is 60.5 Å². The normalized spacial score (nSPS) is 21.6. The zero-order valence-corrected chi connectivity index (χ0v) is 17.8. The smallest absolute Gasteiger partial charge is 0.246 e. The highest BCUT2D eigenvalue weighted by Crippen LogP contribution is 2.42. The second-order valence-electron chi connectivity index (χ2n) is 8.08. The van der Waals surface area contributed by atoms with Crippen LogP contribution in [0.4, 0.5) is 0 Å². The van der Waals surface area contributed by atoms with E-state index in [9.17, 15) is 9.59 Å². The summed E-state index contributed by atoms with van der Waals surface area (Å²) in [6, 6.07) is 13.4. The summed E-state index contributed by atoms with van der Waals surface area (Å²) in [6.07, 6.45) is 1.01. The zero-order chi connectivity index (χ0) is 21.7. The van der Waals surface area contributed by atoms with Crippen molar-refractivity contribution in [3.63, 3.8) is 0 Å². The van der Waals surface area contributed by atoms with Gasteiger partial charge in [-0.25, -0.2) is 0 Å². The molecule has 0 aliphatic carbocycles. The maximum Gasteiger partial charge on any atom is 0.246 e. The van der Waals surface area contributed by atoms with Crippen LogP contribution in [0.25, 0.3) is 10.9 Å². The highest BCUT2D eigenvalue weighted by Gasteiger charge is 2.45. The number of fused-ring (bicyclic) bond motifs is 3. The second kappa shape index (κ2) is 7.42. The summed E-state index contributed by atoms with van der Waals surface area (Å²) in [4.78, 5) is 32.2. The number of likely N-dealkylation sites (N-methyl/N-ethyl adjacent to an activating group) is 1. The number of para-hydroxylation sites is 1. The highest BCUT2D eigenvalue weighted by atomic mass is 16.5. The fourth-order valence-electron chi connectivity index (χ4n) is 4.97. The van der Waals surface area contributed by atoms with Crippen molar-refractivity contribution in [1.82, 2.24) is 14.8 Å². The molecule has 3 heterocycles. The van der Waals surface area contributed by atoms with Crippen LogP contribution in [-0.2, 0) is 16.0 Å². The van der Waals surface area contributed by atoms with Crippen LogP contribution in [0.1, 0.15) is 29.3 Å². The molecule has 160 valence electrons. The van der Waals surface area contributed by atoms with Gasteiger partial charge >= 0.3 is 0 Å². The van der Waals surface area contributed by atoms with E-state index < -0.39 is 6.04 Å². The van der Waals surface area contributed by atoms with Gasteiger partial charge in [-0.15, -0.1) is 0 Å². The number of likely N-dealkylation sites (tertiary alicyclic amines) is 1. The number of nitrogens with one attached hydrogen (secondary N) is 1. The molecule has 1 N–H and O–H groups in total. The third-order valence-electron chi connectivity index (χ3n) is 6.55. The number of hydrogen-bond donors (Lipinski definition) is 1. The largest absolute Gasteiger partial charge is 0.493 e. The van der Waals surface area contributed by atoms with Gasteiger partial charge in [0.2, 0.25) is 11.8 Å². The van der Waals surface area contributed by atoms with Crippen LogP contribution in [0.15, 0.2) is 42.5 Å². The van der Waals surface area contributed by atoms with E-state index in [1.807, 2.05) is 30.3 Å². The van der Waals surface area contributed by atoms with Crippen molar-refractivity contribution >= 4 is 22.7 Å². The van der Waals surface area contributed by atoms with Gasteiger partial charge in [0.25, 0.3) is 0 Å². The zero-order valence-electron chi connectivity index (χ0n) is 17.8. The maximum absolute atomic E-state index is 12.9. The first-order valence-electron chi connectivity index (χ1n) is 10.4. The van der Waals surface area contributed by atoms with Gasteiger partial charge in [0.05, 0.1) is 32.7 Å². The summed E-state index contributed by atoms with van der Waals surface area (Å²) in [5, 5.41) is 1.20. The number of ether oxygens (including phenoxy) is 2. The van der Waals surface area contributed by atoms with Crippen LogP contribution >= 0.6 is 0 Å². The molecule has 31 heavy (non-hydrogen) atoms. The molecule has 0 saturated carbocycles.